The van der Waals surface area contributed by atoms with Crippen molar-refractivity contribution in [2.75, 3.05) is 0 Å². The van der Waals surface area contributed by atoms with Gasteiger partial charge in [-0.05, 0) is 23.8 Å². The highest BCUT2D eigenvalue weighted by Crippen LogP contribution is 2.31. The van der Waals surface area contributed by atoms with Crippen molar-refractivity contribution in [1.29, 1.82) is 0 Å². The summed E-state index contributed by atoms with van der Waals surface area (Å²) in [6.07, 6.45) is -3.44. The van der Waals surface area contributed by atoms with E-state index in [4.69, 9.17) is 9.84 Å². The fourth-order valence-corrected chi connectivity index (χ4v) is 2.53. The van der Waals surface area contributed by atoms with Gasteiger partial charge in [0.2, 0.25) is 0 Å². The molecular weight excluding hydrogens is 339 g/mol. The smallest absolute Gasteiger partial charge is 0.335 e. The molecule has 0 aliphatic heterocycles. The number of aliphatic hydroxyl groups excluding tert-OH is 2. The van der Waals surface area contributed by atoms with Crippen molar-refractivity contribution in [3.63, 3.8) is 0 Å². The lowest BCUT2D eigenvalue weighted by molar-refractivity contribution is -0.196. The first-order valence-electron chi connectivity index (χ1n) is 7.35. The number of carbonyl (C=O) groups is 2. The number of aromatic hydroxyl groups is 2. The number of carboxylic acid groups (broad SMARTS) is 1. The summed E-state index contributed by atoms with van der Waals surface area (Å²) in [5.74, 6) is -3.24. The van der Waals surface area contributed by atoms with Gasteiger partial charge in [-0.3, -0.25) is 0 Å². The summed E-state index contributed by atoms with van der Waals surface area (Å²) in [5, 5.41) is 57.0. The zero-order chi connectivity index (χ0) is 18.8. The van der Waals surface area contributed by atoms with E-state index >= 15 is 0 Å². The normalized spacial score (nSPS) is 29.5. The van der Waals surface area contributed by atoms with Crippen LogP contribution in [0, 0.1) is 0 Å². The molecule has 0 radical (unpaired) electrons. The van der Waals surface area contributed by atoms with Crippen molar-refractivity contribution in [2.45, 2.75) is 36.8 Å². The van der Waals surface area contributed by atoms with Crippen LogP contribution in [-0.2, 0) is 14.3 Å². The van der Waals surface area contributed by atoms with Gasteiger partial charge >= 0.3 is 11.9 Å². The summed E-state index contributed by atoms with van der Waals surface area (Å²) in [4.78, 5) is 22.9. The van der Waals surface area contributed by atoms with Crippen molar-refractivity contribution >= 4 is 18.0 Å². The van der Waals surface area contributed by atoms with Gasteiger partial charge < -0.3 is 35.4 Å². The SMILES string of the molecule is O=C(O)[C@]1(O)C[C@@H](O)[C@@H](O)[C@H](O[13C](=O)/[13CH]=[13CH]/c2ccc(O)c(O)c2)C1. The Morgan fingerprint density at radius 3 is 2.44 bits per heavy atom. The molecule has 6 N–H and O–H groups in total. The maximum absolute atomic E-state index is 11.8. The fourth-order valence-electron chi connectivity index (χ4n) is 2.53. The summed E-state index contributed by atoms with van der Waals surface area (Å²) >= 11 is 0. The van der Waals surface area contributed by atoms with Crippen LogP contribution < -0.4 is 0 Å². The molecule has 4 atom stereocenters. The van der Waals surface area contributed by atoms with Crippen LogP contribution in [0.15, 0.2) is 24.3 Å². The van der Waals surface area contributed by atoms with Gasteiger partial charge in [-0.1, -0.05) is 6.07 Å². The van der Waals surface area contributed by atoms with Crippen LogP contribution in [0.5, 0.6) is 11.5 Å². The first-order valence-corrected chi connectivity index (χ1v) is 7.35. The van der Waals surface area contributed by atoms with Crippen molar-refractivity contribution < 1.29 is 45.0 Å². The topological polar surface area (TPSA) is 165 Å². The number of aliphatic hydroxyl groups is 3. The van der Waals surface area contributed by atoms with Gasteiger partial charge in [0, 0.05) is 18.9 Å². The van der Waals surface area contributed by atoms with Crippen molar-refractivity contribution in [2.24, 2.45) is 0 Å². The molecule has 1 aromatic carbocycles. The highest BCUT2D eigenvalue weighted by Gasteiger charge is 2.50. The quantitative estimate of drug-likeness (QED) is 0.178. The molecule has 2 rings (SSSR count). The third kappa shape index (κ3) is 4.27. The van der Waals surface area contributed by atoms with Crippen LogP contribution >= 0.6 is 0 Å². The number of hydrogen-bond donors (Lipinski definition) is 6. The third-order valence-electron chi connectivity index (χ3n) is 3.94. The maximum atomic E-state index is 11.8. The van der Waals surface area contributed by atoms with Crippen LogP contribution in [0.3, 0.4) is 0 Å². The number of ether oxygens (including phenoxy) is 1. The highest BCUT2D eigenvalue weighted by molar-refractivity contribution is 5.87. The zero-order valence-corrected chi connectivity index (χ0v) is 12.9. The number of phenols is 2. The molecule has 0 bridgehead atoms. The molecule has 0 aromatic heterocycles. The molecular formula is C16H18O9. The van der Waals surface area contributed by atoms with Gasteiger partial charge in [0.05, 0.1) is 6.10 Å². The number of hydrogen-bond acceptors (Lipinski definition) is 8. The maximum Gasteiger partial charge on any atom is 0.335 e. The van der Waals surface area contributed by atoms with E-state index in [1.807, 2.05) is 0 Å². The Bertz CT molecular complexity index is 699. The molecule has 0 amide bonds. The Hall–Kier alpha value is -2.62. The van der Waals surface area contributed by atoms with E-state index in [1.165, 1.54) is 24.3 Å². The molecule has 0 heterocycles. The number of phenolic OH excluding ortho intramolecular Hbond substituents is 2. The van der Waals surface area contributed by atoms with Gasteiger partial charge in [-0.15, -0.1) is 0 Å². The first-order chi connectivity index (χ1) is 11.6. The van der Waals surface area contributed by atoms with Crippen LogP contribution in [-0.4, -0.2) is 66.5 Å². The summed E-state index contributed by atoms with van der Waals surface area (Å²) in [6, 6.07) is 3.83. The predicted molar refractivity (Wildman–Crippen MR) is 82.5 cm³/mol. The Morgan fingerprint density at radius 1 is 1.16 bits per heavy atom. The second-order valence-electron chi connectivity index (χ2n) is 5.86. The van der Waals surface area contributed by atoms with Crippen molar-refractivity contribution in [3.05, 3.63) is 29.8 Å². The number of esters is 1. The molecule has 0 unspecified atom stereocenters. The Kier molecular flexibility index (Phi) is 5.31. The molecule has 0 spiro atoms. The second-order valence-corrected chi connectivity index (χ2v) is 5.86. The lowest BCUT2D eigenvalue weighted by atomic mass is 9.79. The van der Waals surface area contributed by atoms with Gasteiger partial charge in [-0.25, -0.2) is 9.59 Å². The number of benzene rings is 1. The van der Waals surface area contributed by atoms with Crippen molar-refractivity contribution in [3.8, 4) is 11.5 Å². The Morgan fingerprint density at radius 2 is 1.84 bits per heavy atom. The number of aliphatic carboxylic acids is 1. The number of carboxylic acids is 1. The van der Waals surface area contributed by atoms with E-state index in [-0.39, 0.29) is 11.5 Å². The summed E-state index contributed by atoms with van der Waals surface area (Å²) in [6.45, 7) is 0. The molecule has 1 aliphatic carbocycles. The van der Waals surface area contributed by atoms with Crippen LogP contribution in [0.2, 0.25) is 0 Å². The minimum Gasteiger partial charge on any atom is -0.504 e. The van der Waals surface area contributed by atoms with Gasteiger partial charge in [0.15, 0.2) is 17.1 Å². The standard InChI is InChI=1S/C16H18O9/c17-9-3-1-8(5-10(9)18)2-4-13(20)25-12-7-16(24,15(22)23)6-11(19)14(12)21/h1-5,11-12,14,17-19,21,24H,6-7H2,(H,22,23)/b4-2+/t11-,12-,14-,16+/m1/s1/i2+1,4+1,13+1. The van der Waals surface area contributed by atoms with E-state index in [9.17, 15) is 35.1 Å². The minimum absolute atomic E-state index is 0.327. The molecule has 1 aromatic rings. The molecule has 136 valence electrons. The van der Waals surface area contributed by atoms with E-state index in [0.717, 1.165) is 6.08 Å². The van der Waals surface area contributed by atoms with E-state index in [0.29, 0.717) is 5.56 Å². The van der Waals surface area contributed by atoms with Crippen molar-refractivity contribution in [1.82, 2.24) is 0 Å². The molecule has 9 heteroatoms. The molecule has 0 saturated heterocycles. The molecule has 1 saturated carbocycles. The molecule has 25 heavy (non-hydrogen) atoms. The summed E-state index contributed by atoms with van der Waals surface area (Å²) in [5.41, 5.74) is -1.94. The van der Waals surface area contributed by atoms with E-state index < -0.39 is 48.7 Å². The van der Waals surface area contributed by atoms with E-state index in [2.05, 4.69) is 0 Å². The third-order valence-corrected chi connectivity index (χ3v) is 3.94. The van der Waals surface area contributed by atoms with Crippen LogP contribution in [0.25, 0.3) is 6.08 Å². The van der Waals surface area contributed by atoms with Gasteiger partial charge in [0.25, 0.3) is 0 Å². The largest absolute Gasteiger partial charge is 0.504 e. The molecule has 9 nitrogen and oxygen atoms in total. The average molecular weight is 357 g/mol. The number of rotatable bonds is 4. The minimum atomic E-state index is -2.31. The first kappa shape index (κ1) is 18.7. The van der Waals surface area contributed by atoms with E-state index in [1.54, 1.807) is 0 Å². The monoisotopic (exact) mass is 357 g/mol. The van der Waals surface area contributed by atoms with Crippen LogP contribution in [0.1, 0.15) is 18.4 Å². The average Bonchev–Trinajstić information content (AvgIpc) is 2.53. The predicted octanol–water partition coefficient (Wildman–Crippen LogP) is -0.646. The van der Waals surface area contributed by atoms with Gasteiger partial charge in [0.1, 0.15) is 12.2 Å². The molecule has 1 aliphatic rings. The highest BCUT2D eigenvalue weighted by atomic mass is 16.6. The lowest BCUT2D eigenvalue weighted by Gasteiger charge is -2.39. The van der Waals surface area contributed by atoms with Gasteiger partial charge in [-0.2, -0.15) is 0 Å². The fraction of sp³-hybridized carbons (Fsp3) is 0.375. The Balaban J connectivity index is 2.06. The van der Waals surface area contributed by atoms with Crippen LogP contribution in [0.4, 0.5) is 0 Å². The Labute approximate surface area is 142 Å². The number of carbonyl (C=O) groups excluding carboxylic acids is 1. The summed E-state index contributed by atoms with van der Waals surface area (Å²) in [7, 11) is 0. The summed E-state index contributed by atoms with van der Waals surface area (Å²) < 4.78 is 4.92. The second kappa shape index (κ2) is 7.09. The molecule has 1 fully saturated rings. The lowest BCUT2D eigenvalue weighted by Crippen LogP contribution is -2.57. The zero-order valence-electron chi connectivity index (χ0n) is 12.9.